The Bertz CT molecular complexity index is 1040. The molecule has 0 aliphatic heterocycles. The van der Waals surface area contributed by atoms with Crippen molar-refractivity contribution in [3.63, 3.8) is 0 Å². The van der Waals surface area contributed by atoms with Gasteiger partial charge in [0, 0.05) is 15.6 Å². The van der Waals surface area contributed by atoms with Gasteiger partial charge in [-0.25, -0.2) is 9.78 Å². The second-order valence-corrected chi connectivity index (χ2v) is 7.73. The molecular formula is C20H17Cl2N3O3S. The van der Waals surface area contributed by atoms with E-state index in [9.17, 15) is 4.79 Å². The lowest BCUT2D eigenvalue weighted by Crippen LogP contribution is -1.99. The molecule has 1 aromatic heterocycles. The van der Waals surface area contributed by atoms with Crippen LogP contribution in [0.2, 0.25) is 10.0 Å². The molecule has 6 nitrogen and oxygen atoms in total. The quantitative estimate of drug-likeness (QED) is 0.290. The minimum Gasteiger partial charge on any atom is -0.489 e. The average Bonchev–Trinajstić information content (AvgIpc) is 3.08. The number of nitrogens with one attached hydrogen (secondary N) is 1. The van der Waals surface area contributed by atoms with Gasteiger partial charge in [0.15, 0.2) is 0 Å². The molecule has 9 heteroatoms. The van der Waals surface area contributed by atoms with Crippen molar-refractivity contribution in [2.75, 3.05) is 12.5 Å². The highest BCUT2D eigenvalue weighted by Gasteiger charge is 2.15. The van der Waals surface area contributed by atoms with Gasteiger partial charge in [0.2, 0.25) is 5.13 Å². The second kappa shape index (κ2) is 9.73. The third-order valence-corrected chi connectivity index (χ3v) is 5.46. The van der Waals surface area contributed by atoms with Crippen molar-refractivity contribution in [2.24, 2.45) is 5.10 Å². The molecule has 0 aliphatic carbocycles. The molecule has 0 aliphatic rings. The van der Waals surface area contributed by atoms with Crippen LogP contribution in [0, 0.1) is 6.92 Å². The van der Waals surface area contributed by atoms with Gasteiger partial charge < -0.3 is 9.47 Å². The fourth-order valence-electron chi connectivity index (χ4n) is 2.34. The second-order valence-electron chi connectivity index (χ2n) is 5.89. The fourth-order valence-corrected chi connectivity index (χ4v) is 3.64. The van der Waals surface area contributed by atoms with E-state index in [1.165, 1.54) is 18.4 Å². The van der Waals surface area contributed by atoms with Crippen molar-refractivity contribution in [2.45, 2.75) is 13.5 Å². The Balaban J connectivity index is 1.55. The van der Waals surface area contributed by atoms with Gasteiger partial charge in [-0.3, -0.25) is 5.43 Å². The lowest BCUT2D eigenvalue weighted by Gasteiger charge is -2.08. The minimum atomic E-state index is -0.410. The molecule has 0 fully saturated rings. The maximum atomic E-state index is 11.6. The van der Waals surface area contributed by atoms with Crippen LogP contribution in [0.1, 0.15) is 26.5 Å². The number of nitrogens with zero attached hydrogens (tertiary/aromatic N) is 2. The van der Waals surface area contributed by atoms with E-state index in [1.807, 2.05) is 30.3 Å². The fraction of sp³-hybridized carbons (Fsp3) is 0.150. The Labute approximate surface area is 182 Å². The first kappa shape index (κ1) is 21.1. The highest BCUT2D eigenvalue weighted by Crippen LogP contribution is 2.24. The van der Waals surface area contributed by atoms with Crippen molar-refractivity contribution in [3.05, 3.63) is 74.2 Å². The Morgan fingerprint density at radius 3 is 2.69 bits per heavy atom. The van der Waals surface area contributed by atoms with Crippen LogP contribution in [-0.4, -0.2) is 24.3 Å². The molecule has 29 heavy (non-hydrogen) atoms. The summed E-state index contributed by atoms with van der Waals surface area (Å²) in [6, 6.07) is 12.7. The van der Waals surface area contributed by atoms with Gasteiger partial charge >= 0.3 is 5.97 Å². The van der Waals surface area contributed by atoms with E-state index in [0.29, 0.717) is 38.1 Å². The molecule has 1 heterocycles. The maximum absolute atomic E-state index is 11.6. The number of hydrogen-bond donors (Lipinski definition) is 1. The number of carbonyl (C=O) groups is 1. The van der Waals surface area contributed by atoms with Gasteiger partial charge in [0.25, 0.3) is 0 Å². The molecule has 3 aromatic rings. The zero-order valence-electron chi connectivity index (χ0n) is 15.6. The van der Waals surface area contributed by atoms with E-state index < -0.39 is 5.97 Å². The molecule has 0 radical (unpaired) electrons. The van der Waals surface area contributed by atoms with Crippen molar-refractivity contribution in [3.8, 4) is 5.75 Å². The van der Waals surface area contributed by atoms with Crippen molar-refractivity contribution < 1.29 is 14.3 Å². The molecule has 0 saturated carbocycles. The molecule has 3 rings (SSSR count). The van der Waals surface area contributed by atoms with E-state index in [-0.39, 0.29) is 0 Å². The van der Waals surface area contributed by atoms with Crippen LogP contribution >= 0.6 is 34.5 Å². The molecule has 150 valence electrons. The summed E-state index contributed by atoms with van der Waals surface area (Å²) in [6.45, 7) is 2.09. The van der Waals surface area contributed by atoms with Crippen LogP contribution < -0.4 is 10.2 Å². The molecule has 1 N–H and O–H groups in total. The predicted octanol–water partition coefficient (Wildman–Crippen LogP) is 5.57. The van der Waals surface area contributed by atoms with E-state index in [0.717, 1.165) is 11.1 Å². The van der Waals surface area contributed by atoms with Gasteiger partial charge in [-0.05, 0) is 48.9 Å². The van der Waals surface area contributed by atoms with Crippen LogP contribution in [0.5, 0.6) is 5.75 Å². The summed E-state index contributed by atoms with van der Waals surface area (Å²) in [7, 11) is 1.34. The third kappa shape index (κ3) is 5.69. The van der Waals surface area contributed by atoms with Crippen LogP contribution in [0.25, 0.3) is 0 Å². The van der Waals surface area contributed by atoms with Crippen molar-refractivity contribution >= 4 is 51.9 Å². The lowest BCUT2D eigenvalue weighted by atomic mass is 10.2. The summed E-state index contributed by atoms with van der Waals surface area (Å²) < 4.78 is 10.5. The number of carbonyl (C=O) groups excluding carboxylic acids is 1. The van der Waals surface area contributed by atoms with Crippen molar-refractivity contribution in [1.82, 2.24) is 4.98 Å². The number of halogens is 2. The van der Waals surface area contributed by atoms with Gasteiger partial charge in [0.05, 0.1) is 19.0 Å². The summed E-state index contributed by atoms with van der Waals surface area (Å²) in [6.07, 6.45) is 1.65. The van der Waals surface area contributed by atoms with Gasteiger partial charge in [-0.1, -0.05) is 40.6 Å². The number of methoxy groups -OCH3 is 1. The predicted molar refractivity (Wildman–Crippen MR) is 117 cm³/mol. The van der Waals surface area contributed by atoms with Crippen molar-refractivity contribution in [1.29, 1.82) is 0 Å². The molecule has 0 unspecified atom stereocenters. The Hall–Kier alpha value is -2.61. The first-order valence-electron chi connectivity index (χ1n) is 8.48. The Morgan fingerprint density at radius 1 is 1.24 bits per heavy atom. The lowest BCUT2D eigenvalue weighted by molar-refractivity contribution is 0.0605. The number of benzene rings is 2. The highest BCUT2D eigenvalue weighted by atomic mass is 35.5. The zero-order valence-corrected chi connectivity index (χ0v) is 17.9. The minimum absolute atomic E-state index is 0.344. The summed E-state index contributed by atoms with van der Waals surface area (Å²) in [5, 5.41) is 5.82. The van der Waals surface area contributed by atoms with E-state index in [4.69, 9.17) is 32.7 Å². The van der Waals surface area contributed by atoms with Crippen LogP contribution in [-0.2, 0) is 11.3 Å². The zero-order chi connectivity index (χ0) is 20.8. The van der Waals surface area contributed by atoms with Gasteiger partial charge in [-0.15, -0.1) is 0 Å². The number of aromatic nitrogens is 1. The molecule has 0 amide bonds. The summed E-state index contributed by atoms with van der Waals surface area (Å²) in [4.78, 5) is 16.3. The number of ether oxygens (including phenoxy) is 2. The van der Waals surface area contributed by atoms with Crippen LogP contribution in [0.15, 0.2) is 47.6 Å². The van der Waals surface area contributed by atoms with Gasteiger partial charge in [0.1, 0.15) is 17.2 Å². The standard InChI is InChI=1S/C20H17Cl2N3O3S/c1-12-18(19(26)27-2)29-20(24-12)25-23-10-13-3-7-16(8-4-13)28-11-14-5-6-15(21)9-17(14)22/h3-10H,11H2,1-2H3,(H,24,25)/b23-10-. The number of rotatable bonds is 7. The van der Waals surface area contributed by atoms with Gasteiger partial charge in [-0.2, -0.15) is 5.10 Å². The first-order valence-corrected chi connectivity index (χ1v) is 10.0. The summed E-state index contributed by atoms with van der Waals surface area (Å²) in [5.41, 5.74) is 5.15. The number of thiazole rings is 1. The molecular weight excluding hydrogens is 433 g/mol. The normalized spacial score (nSPS) is 10.9. The Morgan fingerprint density at radius 2 is 2.00 bits per heavy atom. The summed E-state index contributed by atoms with van der Waals surface area (Å²) in [5.74, 6) is 0.298. The van der Waals surface area contributed by atoms with E-state index >= 15 is 0 Å². The molecule has 0 saturated heterocycles. The topological polar surface area (TPSA) is 72.8 Å². The highest BCUT2D eigenvalue weighted by molar-refractivity contribution is 7.17. The summed E-state index contributed by atoms with van der Waals surface area (Å²) >= 11 is 13.2. The number of hydrazone groups is 1. The molecule has 0 atom stereocenters. The maximum Gasteiger partial charge on any atom is 0.350 e. The number of hydrogen-bond acceptors (Lipinski definition) is 7. The molecule has 0 spiro atoms. The Kier molecular flexibility index (Phi) is 7.09. The molecule has 2 aromatic carbocycles. The van der Waals surface area contributed by atoms with Crippen LogP contribution in [0.4, 0.5) is 5.13 Å². The van der Waals surface area contributed by atoms with E-state index in [2.05, 4.69) is 15.5 Å². The number of aryl methyl sites for hydroxylation is 1. The monoisotopic (exact) mass is 449 g/mol. The number of anilines is 1. The SMILES string of the molecule is COC(=O)c1sc(N/N=C\c2ccc(OCc3ccc(Cl)cc3Cl)cc2)nc1C. The number of esters is 1. The average molecular weight is 450 g/mol. The first-order chi connectivity index (χ1) is 14.0. The van der Waals surface area contributed by atoms with E-state index in [1.54, 1.807) is 25.3 Å². The largest absolute Gasteiger partial charge is 0.489 e. The smallest absolute Gasteiger partial charge is 0.350 e. The molecule has 0 bridgehead atoms. The third-order valence-electron chi connectivity index (χ3n) is 3.83. The van der Waals surface area contributed by atoms with Crippen LogP contribution in [0.3, 0.4) is 0 Å².